The molecule has 0 amide bonds. The number of carboxylic acids is 1. The van der Waals surface area contributed by atoms with Crippen LogP contribution in [0.4, 0.5) is 0 Å². The van der Waals surface area contributed by atoms with Crippen LogP contribution in [0, 0.1) is 0 Å². The Labute approximate surface area is 101 Å². The van der Waals surface area contributed by atoms with E-state index in [0.29, 0.717) is 12.2 Å². The van der Waals surface area contributed by atoms with Crippen molar-refractivity contribution in [3.63, 3.8) is 0 Å². The summed E-state index contributed by atoms with van der Waals surface area (Å²) in [5.41, 5.74) is 0.296. The quantitative estimate of drug-likeness (QED) is 0.669. The fourth-order valence-electron chi connectivity index (χ4n) is 1.01. The van der Waals surface area contributed by atoms with E-state index in [-0.39, 0.29) is 0 Å². The second-order valence-electron chi connectivity index (χ2n) is 2.82. The van der Waals surface area contributed by atoms with Crippen molar-refractivity contribution in [2.45, 2.75) is 4.90 Å². The molecule has 1 N–H and O–H groups in total. The summed E-state index contributed by atoms with van der Waals surface area (Å²) in [6, 6.07) is 5.14. The van der Waals surface area contributed by atoms with E-state index in [1.165, 1.54) is 0 Å². The second-order valence-corrected chi connectivity index (χ2v) is 4.91. The molecule has 0 bridgehead atoms. The fourth-order valence-corrected chi connectivity index (χ4v) is 2.56. The molecule has 0 fully saturated rings. The molecule has 5 heteroatoms. The maximum absolute atomic E-state index is 10.8. The zero-order valence-electron chi connectivity index (χ0n) is 8.20. The maximum atomic E-state index is 10.8. The van der Waals surface area contributed by atoms with E-state index in [1.807, 2.05) is 6.07 Å². The molecule has 0 aliphatic carbocycles. The number of halogens is 1. The Morgan fingerprint density at radius 1 is 1.53 bits per heavy atom. The van der Waals surface area contributed by atoms with Crippen molar-refractivity contribution in [3.05, 3.63) is 28.2 Å². The van der Waals surface area contributed by atoms with Crippen molar-refractivity contribution < 1.29 is 14.6 Å². The Morgan fingerprint density at radius 2 is 2.27 bits per heavy atom. The number of thioether (sulfide) groups is 1. The van der Waals surface area contributed by atoms with E-state index in [2.05, 4.69) is 15.9 Å². The smallest absolute Gasteiger partial charge is 0.335 e. The number of methoxy groups -OCH3 is 1. The van der Waals surface area contributed by atoms with Crippen LogP contribution >= 0.6 is 27.7 Å². The van der Waals surface area contributed by atoms with E-state index in [0.717, 1.165) is 15.1 Å². The molecule has 0 spiro atoms. The van der Waals surface area contributed by atoms with Gasteiger partial charge in [-0.2, -0.15) is 0 Å². The van der Waals surface area contributed by atoms with Gasteiger partial charge in [-0.05, 0) is 18.2 Å². The van der Waals surface area contributed by atoms with Gasteiger partial charge in [0.2, 0.25) is 0 Å². The summed E-state index contributed by atoms with van der Waals surface area (Å²) in [6.45, 7) is 0.652. The lowest BCUT2D eigenvalue weighted by Gasteiger charge is -2.03. The summed E-state index contributed by atoms with van der Waals surface area (Å²) >= 11 is 4.85. The van der Waals surface area contributed by atoms with Gasteiger partial charge in [0.05, 0.1) is 12.2 Å². The van der Waals surface area contributed by atoms with Gasteiger partial charge < -0.3 is 9.84 Å². The molecule has 1 aromatic rings. The van der Waals surface area contributed by atoms with E-state index < -0.39 is 5.97 Å². The Bertz CT molecular complexity index is 355. The zero-order chi connectivity index (χ0) is 11.3. The third-order valence-corrected chi connectivity index (χ3v) is 3.07. The highest BCUT2D eigenvalue weighted by atomic mass is 79.9. The second kappa shape index (κ2) is 6.15. The van der Waals surface area contributed by atoms with Crippen LogP contribution in [0.5, 0.6) is 0 Å². The first-order valence-corrected chi connectivity index (χ1v) is 6.07. The number of carbonyl (C=O) groups is 1. The van der Waals surface area contributed by atoms with Crippen molar-refractivity contribution in [1.29, 1.82) is 0 Å². The van der Waals surface area contributed by atoms with E-state index >= 15 is 0 Å². The maximum Gasteiger partial charge on any atom is 0.335 e. The lowest BCUT2D eigenvalue weighted by molar-refractivity contribution is 0.0696. The number of hydrogen-bond donors (Lipinski definition) is 1. The van der Waals surface area contributed by atoms with Crippen LogP contribution in [0.3, 0.4) is 0 Å². The standard InChI is InChI=1S/C10H11BrO3S/c1-14-2-3-15-9-5-7(10(12)13)4-8(11)6-9/h4-6H,2-3H2,1H3,(H,12,13). The predicted octanol–water partition coefficient (Wildman–Crippen LogP) is 2.89. The number of benzene rings is 1. The molecule has 0 aliphatic heterocycles. The minimum absolute atomic E-state index is 0.296. The molecule has 0 heterocycles. The number of rotatable bonds is 5. The molecule has 1 aromatic carbocycles. The molecule has 0 saturated carbocycles. The molecular weight excluding hydrogens is 280 g/mol. The first-order valence-electron chi connectivity index (χ1n) is 4.29. The van der Waals surface area contributed by atoms with Crippen LogP contribution in [0.1, 0.15) is 10.4 Å². The van der Waals surface area contributed by atoms with Gasteiger partial charge in [0, 0.05) is 22.2 Å². The van der Waals surface area contributed by atoms with Gasteiger partial charge in [0.25, 0.3) is 0 Å². The highest BCUT2D eigenvalue weighted by Gasteiger charge is 2.06. The van der Waals surface area contributed by atoms with Gasteiger partial charge in [0.15, 0.2) is 0 Å². The van der Waals surface area contributed by atoms with E-state index in [4.69, 9.17) is 9.84 Å². The highest BCUT2D eigenvalue weighted by Crippen LogP contribution is 2.24. The first-order chi connectivity index (χ1) is 7.13. The van der Waals surface area contributed by atoms with Gasteiger partial charge >= 0.3 is 5.97 Å². The number of aromatic carboxylic acids is 1. The Balaban J connectivity index is 2.75. The van der Waals surface area contributed by atoms with Gasteiger partial charge in [-0.25, -0.2) is 4.79 Å². The van der Waals surface area contributed by atoms with E-state index in [9.17, 15) is 4.79 Å². The minimum atomic E-state index is -0.912. The van der Waals surface area contributed by atoms with Crippen LogP contribution in [0.2, 0.25) is 0 Å². The van der Waals surface area contributed by atoms with Crippen molar-refractivity contribution in [3.8, 4) is 0 Å². The summed E-state index contributed by atoms with van der Waals surface area (Å²) in [5.74, 6) is -0.101. The molecule has 0 aliphatic rings. The molecule has 0 unspecified atom stereocenters. The lowest BCUT2D eigenvalue weighted by atomic mass is 10.2. The van der Waals surface area contributed by atoms with Crippen molar-refractivity contribution in [2.24, 2.45) is 0 Å². The number of carboxylic acid groups (broad SMARTS) is 1. The third-order valence-electron chi connectivity index (χ3n) is 1.67. The van der Waals surface area contributed by atoms with Gasteiger partial charge in [-0.1, -0.05) is 15.9 Å². The monoisotopic (exact) mass is 290 g/mol. The van der Waals surface area contributed by atoms with Gasteiger partial charge in [-0.15, -0.1) is 11.8 Å². The lowest BCUT2D eigenvalue weighted by Crippen LogP contribution is -1.97. The summed E-state index contributed by atoms with van der Waals surface area (Å²) < 4.78 is 5.70. The van der Waals surface area contributed by atoms with E-state index in [1.54, 1.807) is 31.0 Å². The van der Waals surface area contributed by atoms with Crippen molar-refractivity contribution >= 4 is 33.7 Å². The van der Waals surface area contributed by atoms with Gasteiger partial charge in [0.1, 0.15) is 0 Å². The molecule has 82 valence electrons. The molecular formula is C10H11BrO3S. The van der Waals surface area contributed by atoms with Crippen LogP contribution in [-0.2, 0) is 4.74 Å². The number of ether oxygens (including phenoxy) is 1. The third kappa shape index (κ3) is 4.24. The zero-order valence-corrected chi connectivity index (χ0v) is 10.6. The van der Waals surface area contributed by atoms with Crippen molar-refractivity contribution in [2.75, 3.05) is 19.5 Å². The summed E-state index contributed by atoms with van der Waals surface area (Å²) in [5, 5.41) is 8.85. The average molecular weight is 291 g/mol. The highest BCUT2D eigenvalue weighted by molar-refractivity contribution is 9.10. The SMILES string of the molecule is COCCSc1cc(Br)cc(C(=O)O)c1. The summed E-state index contributed by atoms with van der Waals surface area (Å²) in [7, 11) is 1.64. The van der Waals surface area contributed by atoms with Crippen LogP contribution in [0.15, 0.2) is 27.6 Å². The largest absolute Gasteiger partial charge is 0.478 e. The molecule has 3 nitrogen and oxygen atoms in total. The molecule has 1 rings (SSSR count). The Kier molecular flexibility index (Phi) is 5.14. The van der Waals surface area contributed by atoms with Crippen LogP contribution < -0.4 is 0 Å². The molecule has 0 radical (unpaired) electrons. The average Bonchev–Trinajstić information content (AvgIpc) is 2.17. The molecule has 15 heavy (non-hydrogen) atoms. The predicted molar refractivity (Wildman–Crippen MR) is 63.7 cm³/mol. The topological polar surface area (TPSA) is 46.5 Å². The first kappa shape index (κ1) is 12.5. The Hall–Kier alpha value is -0.520. The molecule has 0 aromatic heterocycles. The van der Waals surface area contributed by atoms with Crippen LogP contribution in [-0.4, -0.2) is 30.5 Å². The molecule has 0 atom stereocenters. The summed E-state index contributed by atoms with van der Waals surface area (Å²) in [6.07, 6.45) is 0. The van der Waals surface area contributed by atoms with Crippen molar-refractivity contribution in [1.82, 2.24) is 0 Å². The fraction of sp³-hybridized carbons (Fsp3) is 0.300. The summed E-state index contributed by atoms with van der Waals surface area (Å²) in [4.78, 5) is 11.7. The molecule has 0 saturated heterocycles. The normalized spacial score (nSPS) is 10.3. The van der Waals surface area contributed by atoms with Crippen LogP contribution in [0.25, 0.3) is 0 Å². The number of hydrogen-bond acceptors (Lipinski definition) is 3. The minimum Gasteiger partial charge on any atom is -0.478 e. The van der Waals surface area contributed by atoms with Gasteiger partial charge in [-0.3, -0.25) is 0 Å². The Morgan fingerprint density at radius 3 is 2.87 bits per heavy atom.